The minimum atomic E-state index is -1.03. The van der Waals surface area contributed by atoms with Crippen LogP contribution in [0.1, 0.15) is 61.8 Å². The number of aromatic nitrogens is 4. The minimum absolute atomic E-state index is 0.173. The number of aryl methyl sites for hydroxylation is 6. The van der Waals surface area contributed by atoms with E-state index in [1.54, 1.807) is 11.0 Å². The molecule has 1 N–H and O–H groups in total. The Hall–Kier alpha value is -4.81. The van der Waals surface area contributed by atoms with Crippen molar-refractivity contribution in [2.75, 3.05) is 50.9 Å². The highest BCUT2D eigenvalue weighted by atomic mass is 35.5. The third kappa shape index (κ3) is 7.20. The second kappa shape index (κ2) is 15.9. The Morgan fingerprint density at radius 3 is 2.39 bits per heavy atom. The van der Waals surface area contributed by atoms with E-state index in [1.807, 2.05) is 82.0 Å². The first-order valence-corrected chi connectivity index (χ1v) is 20.4. The number of ether oxygens (including phenoxy) is 2. The topological polar surface area (TPSA) is 107 Å². The van der Waals surface area contributed by atoms with E-state index in [-0.39, 0.29) is 11.5 Å². The molecule has 0 bridgehead atoms. The molecule has 0 unspecified atom stereocenters. The number of carboxylic acid groups (broad SMARTS) is 1. The monoisotopic (exact) mass is 810 g/mol. The van der Waals surface area contributed by atoms with E-state index in [9.17, 15) is 9.90 Å². The average molecular weight is 812 g/mol. The molecule has 13 heteroatoms. The highest BCUT2D eigenvalue weighted by molar-refractivity contribution is 6.35. The van der Waals surface area contributed by atoms with Crippen LogP contribution < -0.4 is 9.64 Å². The standard InChI is InChI=1S/C44H48Cl2N6O5/c1-26-22-31(23-27(2)40(26)46)57-19-6-8-33-34-9-10-36(45)39(38-28(3)47-48(5)29(38)4)41(34)52-13-7-12-51(43(53)42(33)52)30-24-35(44(54)55)32-11-14-50(37(32)25-30)16-15-49-17-20-56-21-18-49/h9-11,14,22-25H,6-8,12-13,15-21H2,1-5H3,(H,54,55). The lowest BCUT2D eigenvalue weighted by Gasteiger charge is -2.27. The van der Waals surface area contributed by atoms with E-state index in [2.05, 4.69) is 14.0 Å². The van der Waals surface area contributed by atoms with E-state index in [0.29, 0.717) is 80.5 Å². The van der Waals surface area contributed by atoms with E-state index >= 15 is 4.79 Å². The summed E-state index contributed by atoms with van der Waals surface area (Å²) in [6.07, 6.45) is 3.81. The number of nitrogens with zero attached hydrogens (tertiary/aromatic N) is 6. The Labute approximate surface area is 342 Å². The number of fused-ring (bicyclic) bond motifs is 4. The maximum atomic E-state index is 15.3. The third-order valence-electron chi connectivity index (χ3n) is 11.7. The van der Waals surface area contributed by atoms with Crippen LogP contribution >= 0.6 is 23.2 Å². The Balaban J connectivity index is 1.22. The number of carbonyl (C=O) groups is 2. The number of carbonyl (C=O) groups excluding carboxylic acids is 1. The number of morpholine rings is 1. The normalized spacial score (nSPS) is 15.1. The molecule has 11 nitrogen and oxygen atoms in total. The largest absolute Gasteiger partial charge is 0.494 e. The van der Waals surface area contributed by atoms with Crippen LogP contribution in [0.15, 0.2) is 48.7 Å². The Bertz CT molecular complexity index is 2520. The van der Waals surface area contributed by atoms with Crippen molar-refractivity contribution in [1.29, 1.82) is 0 Å². The summed E-state index contributed by atoms with van der Waals surface area (Å²) in [5.41, 5.74) is 9.51. The van der Waals surface area contributed by atoms with Gasteiger partial charge in [-0.05, 0) is 100 Å². The van der Waals surface area contributed by atoms with Gasteiger partial charge in [-0.3, -0.25) is 14.4 Å². The zero-order valence-electron chi connectivity index (χ0n) is 33.1. The molecule has 0 radical (unpaired) electrons. The predicted molar refractivity (Wildman–Crippen MR) is 226 cm³/mol. The van der Waals surface area contributed by atoms with Crippen LogP contribution in [0.5, 0.6) is 5.75 Å². The summed E-state index contributed by atoms with van der Waals surface area (Å²) < 4.78 is 17.9. The fourth-order valence-corrected chi connectivity index (χ4v) is 9.12. The maximum Gasteiger partial charge on any atom is 0.336 e. The number of hydrogen-bond donors (Lipinski definition) is 1. The Morgan fingerprint density at radius 1 is 0.930 bits per heavy atom. The molecule has 0 atom stereocenters. The van der Waals surface area contributed by atoms with Gasteiger partial charge in [0, 0.05) is 90.8 Å². The maximum absolute atomic E-state index is 15.3. The van der Waals surface area contributed by atoms with E-state index in [0.717, 1.165) is 86.0 Å². The number of halogens is 2. The van der Waals surface area contributed by atoms with Gasteiger partial charge in [-0.25, -0.2) is 4.79 Å². The molecular formula is C44H48Cl2N6O5. The van der Waals surface area contributed by atoms with Crippen LogP contribution in [0.4, 0.5) is 5.69 Å². The van der Waals surface area contributed by atoms with E-state index < -0.39 is 5.97 Å². The van der Waals surface area contributed by atoms with Gasteiger partial charge >= 0.3 is 5.97 Å². The summed E-state index contributed by atoms with van der Waals surface area (Å²) in [5, 5.41) is 18.1. The van der Waals surface area contributed by atoms with Crippen LogP contribution in [0, 0.1) is 27.7 Å². The van der Waals surface area contributed by atoms with Crippen molar-refractivity contribution in [3.05, 3.63) is 98.0 Å². The molecule has 298 valence electrons. The van der Waals surface area contributed by atoms with Gasteiger partial charge in [0.05, 0.1) is 47.1 Å². The van der Waals surface area contributed by atoms with Gasteiger partial charge in [-0.1, -0.05) is 29.3 Å². The lowest BCUT2D eigenvalue weighted by atomic mass is 9.98. The smallest absolute Gasteiger partial charge is 0.336 e. The highest BCUT2D eigenvalue weighted by Gasteiger charge is 2.33. The molecular weight excluding hydrogens is 763 g/mol. The Kier molecular flexibility index (Phi) is 10.9. The van der Waals surface area contributed by atoms with Crippen LogP contribution in [-0.4, -0.2) is 86.8 Å². The molecule has 0 saturated carbocycles. The van der Waals surface area contributed by atoms with Crippen molar-refractivity contribution in [2.45, 2.75) is 60.0 Å². The predicted octanol–water partition coefficient (Wildman–Crippen LogP) is 8.63. The lowest BCUT2D eigenvalue weighted by Crippen LogP contribution is -2.38. The molecule has 1 fully saturated rings. The van der Waals surface area contributed by atoms with Crippen molar-refractivity contribution >= 4 is 62.6 Å². The van der Waals surface area contributed by atoms with Crippen LogP contribution in [-0.2, 0) is 31.3 Å². The van der Waals surface area contributed by atoms with Gasteiger partial charge in [0.15, 0.2) is 0 Å². The zero-order chi connectivity index (χ0) is 40.1. The number of rotatable bonds is 11. The number of anilines is 1. The summed E-state index contributed by atoms with van der Waals surface area (Å²) in [4.78, 5) is 32.2. The summed E-state index contributed by atoms with van der Waals surface area (Å²) in [5.74, 6) is -0.446. The van der Waals surface area contributed by atoms with Gasteiger partial charge in [-0.15, -0.1) is 0 Å². The molecule has 57 heavy (non-hydrogen) atoms. The fourth-order valence-electron chi connectivity index (χ4n) is 8.76. The minimum Gasteiger partial charge on any atom is -0.494 e. The first-order valence-electron chi connectivity index (χ1n) is 19.6. The van der Waals surface area contributed by atoms with Gasteiger partial charge in [-0.2, -0.15) is 5.10 Å². The highest BCUT2D eigenvalue weighted by Crippen LogP contribution is 2.43. The molecule has 5 heterocycles. The quantitative estimate of drug-likeness (QED) is 0.131. The number of amides is 1. The van der Waals surface area contributed by atoms with Crippen molar-refractivity contribution in [2.24, 2.45) is 7.05 Å². The van der Waals surface area contributed by atoms with Gasteiger partial charge in [0.1, 0.15) is 11.4 Å². The Morgan fingerprint density at radius 2 is 1.68 bits per heavy atom. The van der Waals surface area contributed by atoms with Crippen molar-refractivity contribution in [3.8, 4) is 16.9 Å². The summed E-state index contributed by atoms with van der Waals surface area (Å²) in [7, 11) is 1.93. The number of hydrogen-bond acceptors (Lipinski definition) is 6. The first kappa shape index (κ1) is 39.0. The fraction of sp³-hybridized carbons (Fsp3) is 0.386. The molecule has 2 aliphatic heterocycles. The van der Waals surface area contributed by atoms with Crippen molar-refractivity contribution < 1.29 is 24.2 Å². The van der Waals surface area contributed by atoms with Crippen molar-refractivity contribution in [3.63, 3.8) is 0 Å². The second-order valence-electron chi connectivity index (χ2n) is 15.3. The van der Waals surface area contributed by atoms with Crippen LogP contribution in [0.3, 0.4) is 0 Å². The summed E-state index contributed by atoms with van der Waals surface area (Å²) in [6.45, 7) is 14.0. The molecule has 8 rings (SSSR count). The molecule has 6 aromatic rings. The molecule has 0 aliphatic carbocycles. The van der Waals surface area contributed by atoms with Crippen LogP contribution in [0.25, 0.3) is 32.9 Å². The SMILES string of the molecule is Cc1cc(OCCCc2c3n(c4c(-c5c(C)nn(C)c5C)c(Cl)ccc24)CCCN(c2cc(C(=O)O)c4ccn(CCN5CCOCC5)c4c2)C3=O)cc(C)c1Cl. The molecule has 3 aromatic heterocycles. The number of aromatic carboxylic acids is 1. The molecule has 0 spiro atoms. The summed E-state index contributed by atoms with van der Waals surface area (Å²) in [6, 6.07) is 13.3. The van der Waals surface area contributed by atoms with Gasteiger partial charge in [0.25, 0.3) is 5.91 Å². The third-order valence-corrected chi connectivity index (χ3v) is 12.6. The molecule has 1 amide bonds. The second-order valence-corrected chi connectivity index (χ2v) is 16.1. The summed E-state index contributed by atoms with van der Waals surface area (Å²) >= 11 is 13.5. The lowest BCUT2D eigenvalue weighted by molar-refractivity contribution is 0.0365. The van der Waals surface area contributed by atoms with Crippen LogP contribution in [0.2, 0.25) is 10.0 Å². The molecule has 1 saturated heterocycles. The van der Waals surface area contributed by atoms with Gasteiger partial charge in [0.2, 0.25) is 0 Å². The average Bonchev–Trinajstić information content (AvgIpc) is 3.78. The van der Waals surface area contributed by atoms with Crippen molar-refractivity contribution in [1.82, 2.24) is 23.8 Å². The van der Waals surface area contributed by atoms with Gasteiger partial charge < -0.3 is 28.6 Å². The van der Waals surface area contributed by atoms with E-state index in [4.69, 9.17) is 37.8 Å². The zero-order valence-corrected chi connectivity index (χ0v) is 34.6. The number of carboxylic acids is 1. The molecule has 3 aromatic carbocycles. The first-order chi connectivity index (χ1) is 27.4. The molecule has 2 aliphatic rings. The van der Waals surface area contributed by atoms with E-state index in [1.165, 1.54) is 0 Å². The number of benzene rings is 3.